The molecule has 2 atom stereocenters. The third-order valence-corrected chi connectivity index (χ3v) is 3.42. The van der Waals surface area contributed by atoms with Gasteiger partial charge < -0.3 is 18.9 Å². The minimum absolute atomic E-state index is 0.0237. The lowest BCUT2D eigenvalue weighted by molar-refractivity contribution is 0.0845. The Kier molecular flexibility index (Phi) is 2.91. The van der Waals surface area contributed by atoms with Crippen LogP contribution in [0.3, 0.4) is 0 Å². The normalized spacial score (nSPS) is 23.2. The first-order valence-electron chi connectivity index (χ1n) is 5.99. The molecule has 1 aromatic carbocycles. The van der Waals surface area contributed by atoms with Crippen molar-refractivity contribution in [3.63, 3.8) is 0 Å². The maximum Gasteiger partial charge on any atom is 0.204 e. The quantitative estimate of drug-likeness (QED) is 0.839. The molecule has 0 spiro atoms. The number of benzene rings is 1. The number of hydrogen-bond acceptors (Lipinski definition) is 5. The first-order valence-corrected chi connectivity index (χ1v) is 5.99. The topological polar surface area (TPSA) is 49.3 Å². The summed E-state index contributed by atoms with van der Waals surface area (Å²) in [4.78, 5) is 4.53. The van der Waals surface area contributed by atoms with Crippen molar-refractivity contribution in [2.75, 3.05) is 21.3 Å². The van der Waals surface area contributed by atoms with Crippen molar-refractivity contribution >= 4 is 11.6 Å². The fraction of sp³-hybridized carbons (Fsp3) is 0.357. The molecule has 1 aromatic rings. The van der Waals surface area contributed by atoms with Gasteiger partial charge in [-0.2, -0.15) is 0 Å². The Bertz CT molecular complexity index is 565. The summed E-state index contributed by atoms with van der Waals surface area (Å²) >= 11 is 0. The fourth-order valence-corrected chi connectivity index (χ4v) is 2.53. The van der Waals surface area contributed by atoms with E-state index in [4.69, 9.17) is 18.9 Å². The van der Waals surface area contributed by atoms with E-state index in [-0.39, 0.29) is 12.0 Å². The second-order valence-corrected chi connectivity index (χ2v) is 4.32. The predicted molar refractivity (Wildman–Crippen MR) is 70.1 cm³/mol. The Morgan fingerprint density at radius 1 is 1.16 bits per heavy atom. The molecule has 0 aliphatic carbocycles. The van der Waals surface area contributed by atoms with E-state index in [0.717, 1.165) is 5.56 Å². The number of aliphatic imine (C=N–C) groups is 1. The van der Waals surface area contributed by atoms with E-state index in [1.165, 1.54) is 0 Å². The maximum atomic E-state index is 5.60. The van der Waals surface area contributed by atoms with Crippen molar-refractivity contribution in [3.8, 4) is 11.5 Å². The van der Waals surface area contributed by atoms with Crippen LogP contribution in [0.25, 0.3) is 0 Å². The Labute approximate surface area is 111 Å². The molecule has 0 bridgehead atoms. The molecular weight excluding hydrogens is 246 g/mol. The van der Waals surface area contributed by atoms with E-state index in [9.17, 15) is 0 Å². The van der Waals surface area contributed by atoms with Crippen LogP contribution in [-0.2, 0) is 9.47 Å². The number of methoxy groups -OCH3 is 3. The maximum absolute atomic E-state index is 5.60. The number of rotatable bonds is 3. The molecule has 2 aliphatic heterocycles. The highest BCUT2D eigenvalue weighted by atomic mass is 16.5. The molecule has 5 nitrogen and oxygen atoms in total. The SMILES string of the molecule is COc1ccc2c(c1OC)N=C1OC=C[C@H]1[C@H]2OC. The molecule has 2 heterocycles. The largest absolute Gasteiger partial charge is 0.493 e. The molecule has 19 heavy (non-hydrogen) atoms. The van der Waals surface area contributed by atoms with Crippen LogP contribution < -0.4 is 9.47 Å². The zero-order valence-corrected chi connectivity index (χ0v) is 11.0. The van der Waals surface area contributed by atoms with Gasteiger partial charge >= 0.3 is 0 Å². The molecule has 0 unspecified atom stereocenters. The molecular formula is C14H15NO4. The van der Waals surface area contributed by atoms with Gasteiger partial charge in [0.25, 0.3) is 0 Å². The Morgan fingerprint density at radius 3 is 2.68 bits per heavy atom. The van der Waals surface area contributed by atoms with Gasteiger partial charge in [0.15, 0.2) is 11.5 Å². The average Bonchev–Trinajstić information content (AvgIpc) is 2.91. The first kappa shape index (κ1) is 12.0. The molecule has 0 radical (unpaired) electrons. The third kappa shape index (κ3) is 1.69. The molecule has 0 N–H and O–H groups in total. The van der Waals surface area contributed by atoms with Crippen molar-refractivity contribution in [2.45, 2.75) is 6.10 Å². The summed E-state index contributed by atoms with van der Waals surface area (Å²) < 4.78 is 21.7. The summed E-state index contributed by atoms with van der Waals surface area (Å²) in [6.07, 6.45) is 3.47. The van der Waals surface area contributed by atoms with E-state index in [1.54, 1.807) is 27.6 Å². The van der Waals surface area contributed by atoms with Crippen LogP contribution in [-0.4, -0.2) is 27.2 Å². The molecule has 0 aromatic heterocycles. The van der Waals surface area contributed by atoms with Crippen molar-refractivity contribution in [1.29, 1.82) is 0 Å². The standard InChI is InChI=1S/C14H15NO4/c1-16-10-5-4-8-11(13(10)18-3)15-14-9(6-7-19-14)12(8)17-2/h4-7,9,12H,1-3H3/t9-,12-/m0/s1. The highest BCUT2D eigenvalue weighted by molar-refractivity contribution is 5.90. The van der Waals surface area contributed by atoms with Crippen LogP contribution in [0.5, 0.6) is 11.5 Å². The van der Waals surface area contributed by atoms with Crippen LogP contribution in [0.1, 0.15) is 11.7 Å². The second kappa shape index (κ2) is 4.59. The van der Waals surface area contributed by atoms with Crippen LogP contribution >= 0.6 is 0 Å². The zero-order chi connectivity index (χ0) is 13.4. The van der Waals surface area contributed by atoms with E-state index < -0.39 is 0 Å². The Morgan fingerprint density at radius 2 is 2.00 bits per heavy atom. The van der Waals surface area contributed by atoms with E-state index in [1.807, 2.05) is 18.2 Å². The zero-order valence-electron chi connectivity index (χ0n) is 11.0. The van der Waals surface area contributed by atoms with Crippen LogP contribution in [0.15, 0.2) is 29.5 Å². The number of fused-ring (bicyclic) bond motifs is 2. The van der Waals surface area contributed by atoms with E-state index in [0.29, 0.717) is 23.1 Å². The smallest absolute Gasteiger partial charge is 0.204 e. The summed E-state index contributed by atoms with van der Waals surface area (Å²) in [5.74, 6) is 1.90. The highest BCUT2D eigenvalue weighted by Crippen LogP contribution is 2.49. The summed E-state index contributed by atoms with van der Waals surface area (Å²) in [5.41, 5.74) is 1.69. The van der Waals surface area contributed by atoms with Crippen molar-refractivity contribution < 1.29 is 18.9 Å². The molecule has 3 rings (SSSR count). The first-order chi connectivity index (χ1) is 9.30. The molecule has 5 heteroatoms. The average molecular weight is 261 g/mol. The van der Waals surface area contributed by atoms with Gasteiger partial charge in [-0.05, 0) is 12.1 Å². The van der Waals surface area contributed by atoms with E-state index in [2.05, 4.69) is 4.99 Å². The van der Waals surface area contributed by atoms with E-state index >= 15 is 0 Å². The van der Waals surface area contributed by atoms with Gasteiger partial charge in [-0.3, -0.25) is 0 Å². The van der Waals surface area contributed by atoms with Gasteiger partial charge in [-0.1, -0.05) is 6.07 Å². The van der Waals surface area contributed by atoms with Gasteiger partial charge in [0, 0.05) is 12.7 Å². The Hall–Kier alpha value is -2.01. The minimum Gasteiger partial charge on any atom is -0.493 e. The number of nitrogens with zero attached hydrogens (tertiary/aromatic N) is 1. The number of ether oxygens (including phenoxy) is 4. The predicted octanol–water partition coefficient (Wildman–Crippen LogP) is 2.60. The van der Waals surface area contributed by atoms with Crippen LogP contribution in [0, 0.1) is 5.92 Å². The third-order valence-electron chi connectivity index (χ3n) is 3.42. The molecule has 0 saturated carbocycles. The van der Waals surface area contributed by atoms with Gasteiger partial charge in [0.1, 0.15) is 5.69 Å². The lowest BCUT2D eigenvalue weighted by Crippen LogP contribution is -2.23. The second-order valence-electron chi connectivity index (χ2n) is 4.32. The van der Waals surface area contributed by atoms with Gasteiger partial charge in [0.2, 0.25) is 5.90 Å². The van der Waals surface area contributed by atoms with Crippen LogP contribution in [0.2, 0.25) is 0 Å². The number of hydrogen-bond donors (Lipinski definition) is 0. The molecule has 2 aliphatic rings. The van der Waals surface area contributed by atoms with Crippen molar-refractivity contribution in [2.24, 2.45) is 10.9 Å². The summed E-state index contributed by atoms with van der Waals surface area (Å²) in [7, 11) is 4.88. The van der Waals surface area contributed by atoms with Gasteiger partial charge in [0.05, 0.1) is 32.5 Å². The minimum atomic E-state index is -0.124. The molecule has 100 valence electrons. The molecule has 0 saturated heterocycles. The fourth-order valence-electron chi connectivity index (χ4n) is 2.53. The molecule has 0 amide bonds. The van der Waals surface area contributed by atoms with Crippen molar-refractivity contribution in [1.82, 2.24) is 0 Å². The van der Waals surface area contributed by atoms with Gasteiger partial charge in [-0.25, -0.2) is 4.99 Å². The molecule has 0 fully saturated rings. The summed E-state index contributed by atoms with van der Waals surface area (Å²) in [5, 5.41) is 0. The lowest BCUT2D eigenvalue weighted by Gasteiger charge is -2.27. The lowest BCUT2D eigenvalue weighted by atomic mass is 9.91. The van der Waals surface area contributed by atoms with Crippen LogP contribution in [0.4, 0.5) is 5.69 Å². The summed E-state index contributed by atoms with van der Waals surface area (Å²) in [6.45, 7) is 0. The summed E-state index contributed by atoms with van der Waals surface area (Å²) in [6, 6.07) is 3.82. The monoisotopic (exact) mass is 261 g/mol. The van der Waals surface area contributed by atoms with Gasteiger partial charge in [-0.15, -0.1) is 0 Å². The van der Waals surface area contributed by atoms with Crippen molar-refractivity contribution in [3.05, 3.63) is 30.0 Å². The highest BCUT2D eigenvalue weighted by Gasteiger charge is 2.37. The Balaban J connectivity index is 2.20.